The summed E-state index contributed by atoms with van der Waals surface area (Å²) in [5, 5.41) is 11.3. The summed E-state index contributed by atoms with van der Waals surface area (Å²) < 4.78 is 2.15. The summed E-state index contributed by atoms with van der Waals surface area (Å²) in [5.41, 5.74) is -0.157. The average Bonchev–Trinajstić information content (AvgIpc) is 2.67. The van der Waals surface area contributed by atoms with Gasteiger partial charge in [-0.1, -0.05) is 24.3 Å². The number of benzene rings is 1. The van der Waals surface area contributed by atoms with Gasteiger partial charge in [0.2, 0.25) is 5.75 Å². The molecule has 1 aliphatic heterocycles. The molecule has 8 nitrogen and oxygen atoms in total. The maximum Gasteiger partial charge on any atom is 0.332 e. The molecule has 1 N–H and O–H groups in total. The van der Waals surface area contributed by atoms with Crippen LogP contribution in [0.25, 0.3) is 10.9 Å². The van der Waals surface area contributed by atoms with Crippen LogP contribution in [0.5, 0.6) is 5.75 Å². The van der Waals surface area contributed by atoms with Gasteiger partial charge in [0.1, 0.15) is 0 Å². The van der Waals surface area contributed by atoms with E-state index in [4.69, 9.17) is 0 Å². The lowest BCUT2D eigenvalue weighted by atomic mass is 10.2. The molecule has 0 saturated heterocycles. The molecule has 0 radical (unpaired) electrons. The number of carbonyl (C=O) groups excluding carboxylic acids is 1. The zero-order chi connectivity index (χ0) is 20.0. The fraction of sp³-hybridized carbons (Fsp3) is 0.300. The molecular weight excluding hydrogens is 360 g/mol. The number of fused-ring (bicyclic) bond motifs is 2. The Balaban J connectivity index is 1.72. The Morgan fingerprint density at radius 2 is 1.82 bits per heavy atom. The van der Waals surface area contributed by atoms with Gasteiger partial charge in [-0.2, -0.15) is 0 Å². The Hall–Kier alpha value is -3.42. The maximum atomic E-state index is 12.9. The molecule has 0 fully saturated rings. The van der Waals surface area contributed by atoms with E-state index in [-0.39, 0.29) is 25.3 Å². The molecule has 3 heterocycles. The Bertz CT molecular complexity index is 1210. The molecule has 1 aromatic carbocycles. The first-order valence-electron chi connectivity index (χ1n) is 9.10. The van der Waals surface area contributed by atoms with Gasteiger partial charge in [0.25, 0.3) is 11.5 Å². The van der Waals surface area contributed by atoms with Crippen LogP contribution in [-0.4, -0.2) is 36.6 Å². The van der Waals surface area contributed by atoms with E-state index in [0.717, 1.165) is 15.5 Å². The van der Waals surface area contributed by atoms with E-state index in [1.54, 1.807) is 13.8 Å². The summed E-state index contributed by atoms with van der Waals surface area (Å²) in [4.78, 5) is 44.0. The summed E-state index contributed by atoms with van der Waals surface area (Å²) in [5.74, 6) is -1.24. The van der Waals surface area contributed by atoms with Gasteiger partial charge in [-0.3, -0.25) is 23.7 Å². The highest BCUT2D eigenvalue weighted by molar-refractivity contribution is 5.95. The highest BCUT2D eigenvalue weighted by atomic mass is 16.3. The van der Waals surface area contributed by atoms with E-state index in [9.17, 15) is 19.5 Å². The zero-order valence-corrected chi connectivity index (χ0v) is 15.6. The van der Waals surface area contributed by atoms with Crippen LogP contribution in [0.1, 0.15) is 36.1 Å². The van der Waals surface area contributed by atoms with Gasteiger partial charge < -0.3 is 10.0 Å². The Kier molecular flexibility index (Phi) is 4.26. The van der Waals surface area contributed by atoms with Crippen molar-refractivity contribution in [2.24, 2.45) is 0 Å². The van der Waals surface area contributed by atoms with Crippen molar-refractivity contribution in [1.82, 2.24) is 19.0 Å². The van der Waals surface area contributed by atoms with Crippen molar-refractivity contribution in [3.63, 3.8) is 0 Å². The Morgan fingerprint density at radius 3 is 2.57 bits per heavy atom. The molecule has 1 aliphatic rings. The molecule has 144 valence electrons. The predicted octanol–water partition coefficient (Wildman–Crippen LogP) is 1.50. The standard InChI is InChI=1S/C20H20N4O4/c1-12(2)24-19(27)17(25)16-18(26)22(9-10-23(16)20(24)28)11-14-8-7-13-5-3-4-6-15(13)21-14/h3-8,12,25H,9-11H2,1-2H3. The van der Waals surface area contributed by atoms with Gasteiger partial charge in [-0.15, -0.1) is 0 Å². The molecule has 0 atom stereocenters. The summed E-state index contributed by atoms with van der Waals surface area (Å²) in [7, 11) is 0. The van der Waals surface area contributed by atoms with Crippen LogP contribution in [0, 0.1) is 0 Å². The van der Waals surface area contributed by atoms with Crippen LogP contribution in [-0.2, 0) is 13.1 Å². The minimum atomic E-state index is -0.842. The number of amides is 1. The van der Waals surface area contributed by atoms with E-state index in [1.165, 1.54) is 9.47 Å². The summed E-state index contributed by atoms with van der Waals surface area (Å²) in [6, 6.07) is 11.0. The van der Waals surface area contributed by atoms with Crippen molar-refractivity contribution in [2.45, 2.75) is 33.0 Å². The second kappa shape index (κ2) is 6.63. The number of aromatic hydroxyl groups is 1. The van der Waals surface area contributed by atoms with Gasteiger partial charge in [0.05, 0.1) is 17.8 Å². The molecular formula is C20H20N4O4. The van der Waals surface area contributed by atoms with Crippen molar-refractivity contribution in [3.05, 3.63) is 68.6 Å². The third kappa shape index (κ3) is 2.77. The lowest BCUT2D eigenvalue weighted by molar-refractivity contribution is 0.0674. The lowest BCUT2D eigenvalue weighted by Crippen LogP contribution is -2.50. The normalized spacial score (nSPS) is 14.0. The number of aromatic nitrogens is 3. The first-order chi connectivity index (χ1) is 13.4. The van der Waals surface area contributed by atoms with Crippen molar-refractivity contribution < 1.29 is 9.90 Å². The molecule has 2 aromatic heterocycles. The summed E-state index contributed by atoms with van der Waals surface area (Å²) in [6.45, 7) is 4.07. The molecule has 0 aliphatic carbocycles. The smallest absolute Gasteiger partial charge is 0.332 e. The number of hydrogen-bond donors (Lipinski definition) is 1. The summed E-state index contributed by atoms with van der Waals surface area (Å²) in [6.07, 6.45) is 0. The van der Waals surface area contributed by atoms with Crippen LogP contribution >= 0.6 is 0 Å². The van der Waals surface area contributed by atoms with Gasteiger partial charge in [-0.25, -0.2) is 4.79 Å². The first kappa shape index (κ1) is 18.0. The highest BCUT2D eigenvalue weighted by Gasteiger charge is 2.32. The quantitative estimate of drug-likeness (QED) is 0.743. The highest BCUT2D eigenvalue weighted by Crippen LogP contribution is 2.20. The summed E-state index contributed by atoms with van der Waals surface area (Å²) >= 11 is 0. The van der Waals surface area contributed by atoms with E-state index in [2.05, 4.69) is 4.98 Å². The molecule has 0 spiro atoms. The number of nitrogens with zero attached hydrogens (tertiary/aromatic N) is 4. The first-order valence-corrected chi connectivity index (χ1v) is 9.10. The molecule has 8 heteroatoms. The number of para-hydroxylation sites is 1. The molecule has 4 rings (SSSR count). The fourth-order valence-electron chi connectivity index (χ4n) is 3.55. The third-order valence-electron chi connectivity index (χ3n) is 4.96. The molecule has 0 saturated carbocycles. The van der Waals surface area contributed by atoms with Crippen LogP contribution in [0.3, 0.4) is 0 Å². The van der Waals surface area contributed by atoms with Crippen LogP contribution in [0.15, 0.2) is 46.0 Å². The van der Waals surface area contributed by atoms with E-state index >= 15 is 0 Å². The van der Waals surface area contributed by atoms with Crippen LogP contribution in [0.2, 0.25) is 0 Å². The van der Waals surface area contributed by atoms with Crippen LogP contribution in [0.4, 0.5) is 0 Å². The van der Waals surface area contributed by atoms with Crippen molar-refractivity contribution >= 4 is 16.8 Å². The second-order valence-corrected chi connectivity index (χ2v) is 7.12. The number of pyridine rings is 1. The van der Waals surface area contributed by atoms with E-state index < -0.39 is 28.9 Å². The molecule has 0 bridgehead atoms. The molecule has 3 aromatic rings. The van der Waals surface area contributed by atoms with Gasteiger partial charge in [-0.05, 0) is 26.0 Å². The average molecular weight is 380 g/mol. The van der Waals surface area contributed by atoms with Crippen molar-refractivity contribution in [1.29, 1.82) is 0 Å². The van der Waals surface area contributed by atoms with Gasteiger partial charge in [0, 0.05) is 24.5 Å². The number of carbonyl (C=O) groups is 1. The predicted molar refractivity (Wildman–Crippen MR) is 103 cm³/mol. The van der Waals surface area contributed by atoms with Gasteiger partial charge in [0.15, 0.2) is 5.69 Å². The Morgan fingerprint density at radius 1 is 1.07 bits per heavy atom. The maximum absolute atomic E-state index is 12.9. The molecule has 0 unspecified atom stereocenters. The number of rotatable bonds is 3. The van der Waals surface area contributed by atoms with Crippen molar-refractivity contribution in [2.75, 3.05) is 6.54 Å². The fourth-order valence-corrected chi connectivity index (χ4v) is 3.55. The Labute approximate surface area is 160 Å². The van der Waals surface area contributed by atoms with E-state index in [1.807, 2.05) is 36.4 Å². The lowest BCUT2D eigenvalue weighted by Gasteiger charge is -2.30. The molecule has 28 heavy (non-hydrogen) atoms. The van der Waals surface area contributed by atoms with Crippen LogP contribution < -0.4 is 11.2 Å². The topological polar surface area (TPSA) is 97.4 Å². The zero-order valence-electron chi connectivity index (χ0n) is 15.6. The minimum absolute atomic E-state index is 0.202. The monoisotopic (exact) mass is 380 g/mol. The van der Waals surface area contributed by atoms with E-state index in [0.29, 0.717) is 5.69 Å². The largest absolute Gasteiger partial charge is 0.501 e. The second-order valence-electron chi connectivity index (χ2n) is 7.12. The third-order valence-corrected chi connectivity index (χ3v) is 4.96. The SMILES string of the molecule is CC(C)n1c(=O)c(O)c2n(c1=O)CCN(Cc1ccc3ccccc3n1)C2=O. The van der Waals surface area contributed by atoms with Crippen molar-refractivity contribution in [3.8, 4) is 5.75 Å². The van der Waals surface area contributed by atoms with Gasteiger partial charge >= 0.3 is 5.69 Å². The minimum Gasteiger partial charge on any atom is -0.501 e. The molecule has 1 amide bonds. The number of hydrogen-bond acceptors (Lipinski definition) is 5.